The Morgan fingerprint density at radius 1 is 0.786 bits per heavy atom. The van der Waals surface area contributed by atoms with E-state index in [2.05, 4.69) is 0 Å². The van der Waals surface area contributed by atoms with E-state index >= 15 is 0 Å². The van der Waals surface area contributed by atoms with Crippen LogP contribution in [0.3, 0.4) is 0 Å². The number of carbonyl (C=O) groups excluding carboxylic acids is 2. The smallest absolute Gasteiger partial charge is 0.327 e. The number of aryl methyl sites for hydroxylation is 1. The number of ketones is 1. The van der Waals surface area contributed by atoms with E-state index in [1.54, 1.807) is 36.4 Å². The summed E-state index contributed by atoms with van der Waals surface area (Å²) in [5.41, 5.74) is 1.88. The molecule has 42 heavy (non-hydrogen) atoms. The van der Waals surface area contributed by atoms with E-state index in [4.69, 9.17) is 9.47 Å². The van der Waals surface area contributed by atoms with E-state index < -0.39 is 53.2 Å². The first-order valence-electron chi connectivity index (χ1n) is 13.3. The van der Waals surface area contributed by atoms with Crippen LogP contribution in [0, 0.1) is 24.5 Å². The highest BCUT2D eigenvalue weighted by Gasteiger charge is 2.58. The zero-order valence-corrected chi connectivity index (χ0v) is 22.4. The van der Waals surface area contributed by atoms with Crippen molar-refractivity contribution in [1.29, 1.82) is 0 Å². The Hall–Kier alpha value is -5.05. The number of hydrogen-bond donors (Lipinski definition) is 1. The molecule has 1 fully saturated rings. The second kappa shape index (κ2) is 10.7. The van der Waals surface area contributed by atoms with Crippen LogP contribution in [0.2, 0.25) is 0 Å². The second-order valence-electron chi connectivity index (χ2n) is 10.4. The highest BCUT2D eigenvalue weighted by atomic mass is 19.1. The Morgan fingerprint density at radius 2 is 1.48 bits per heavy atom. The molecule has 0 aliphatic carbocycles. The van der Waals surface area contributed by atoms with Crippen LogP contribution in [0.1, 0.15) is 49.4 Å². The summed E-state index contributed by atoms with van der Waals surface area (Å²) in [6.45, 7) is 1.81. The summed E-state index contributed by atoms with van der Waals surface area (Å²) in [7, 11) is 0. The fourth-order valence-electron chi connectivity index (χ4n) is 6.04. The van der Waals surface area contributed by atoms with Gasteiger partial charge in [-0.05, 0) is 66.6 Å². The molecule has 4 unspecified atom stereocenters. The molecule has 4 atom stereocenters. The van der Waals surface area contributed by atoms with Gasteiger partial charge < -0.3 is 19.5 Å². The predicted molar refractivity (Wildman–Crippen MR) is 147 cm³/mol. The number of benzene rings is 4. The van der Waals surface area contributed by atoms with Crippen molar-refractivity contribution in [3.8, 4) is 11.5 Å². The number of rotatable bonds is 6. The van der Waals surface area contributed by atoms with Gasteiger partial charge in [-0.3, -0.25) is 9.59 Å². The Bertz CT molecular complexity index is 1710. The Kier molecular flexibility index (Phi) is 6.94. The molecule has 1 saturated heterocycles. The molecular formula is C33H25F2NO6. The molecule has 7 nitrogen and oxygen atoms in total. The zero-order chi connectivity index (χ0) is 29.5. The molecule has 1 N–H and O–H groups in total. The maximum atomic E-state index is 14.5. The number of halogens is 2. The minimum atomic E-state index is -1.56. The molecule has 4 aromatic carbocycles. The molecule has 0 spiro atoms. The van der Waals surface area contributed by atoms with Crippen molar-refractivity contribution in [2.24, 2.45) is 5.92 Å². The van der Waals surface area contributed by atoms with E-state index in [1.807, 2.05) is 13.0 Å². The summed E-state index contributed by atoms with van der Waals surface area (Å²) in [5.74, 6) is -5.08. The third kappa shape index (κ3) is 4.76. The lowest BCUT2D eigenvalue weighted by atomic mass is 9.76. The number of hydrogen-bond acceptors (Lipinski definition) is 5. The highest BCUT2D eigenvalue weighted by molar-refractivity contribution is 6.03. The first-order chi connectivity index (χ1) is 20.2. The molecule has 2 aliphatic rings. The zero-order valence-electron chi connectivity index (χ0n) is 22.4. The molecule has 2 aliphatic heterocycles. The van der Waals surface area contributed by atoms with Crippen LogP contribution in [0.15, 0.2) is 91.0 Å². The number of likely N-dealkylation sites (tertiary alicyclic amines) is 1. The molecule has 6 rings (SSSR count). The van der Waals surface area contributed by atoms with Gasteiger partial charge in [0.25, 0.3) is 5.91 Å². The summed E-state index contributed by atoms with van der Waals surface area (Å²) in [6, 6.07) is 19.3. The van der Waals surface area contributed by atoms with E-state index in [1.165, 1.54) is 42.5 Å². The molecular weight excluding hydrogens is 544 g/mol. The van der Waals surface area contributed by atoms with Gasteiger partial charge in [0.2, 0.25) is 6.79 Å². The summed E-state index contributed by atoms with van der Waals surface area (Å²) < 4.78 is 39.3. The van der Waals surface area contributed by atoms with E-state index in [0.29, 0.717) is 28.2 Å². The van der Waals surface area contributed by atoms with E-state index in [0.717, 1.165) is 16.5 Å². The average Bonchev–Trinajstić information content (AvgIpc) is 3.59. The van der Waals surface area contributed by atoms with Crippen LogP contribution >= 0.6 is 0 Å². The molecule has 4 aromatic rings. The summed E-state index contributed by atoms with van der Waals surface area (Å²) in [4.78, 5) is 42.9. The highest BCUT2D eigenvalue weighted by Crippen LogP contribution is 2.53. The molecule has 0 aromatic heterocycles. The maximum absolute atomic E-state index is 14.5. The molecule has 0 radical (unpaired) electrons. The molecule has 0 bridgehead atoms. The number of ether oxygens (including phenoxy) is 2. The first kappa shape index (κ1) is 27.1. The number of nitrogens with zero attached hydrogens (tertiary/aromatic N) is 1. The number of aliphatic carboxylic acids is 1. The van der Waals surface area contributed by atoms with Crippen LogP contribution < -0.4 is 9.47 Å². The molecule has 212 valence electrons. The third-order valence-electron chi connectivity index (χ3n) is 7.82. The molecule has 0 saturated carbocycles. The number of amides is 1. The summed E-state index contributed by atoms with van der Waals surface area (Å²) >= 11 is 0. The third-order valence-corrected chi connectivity index (χ3v) is 7.82. The minimum absolute atomic E-state index is 0.0169. The van der Waals surface area contributed by atoms with Crippen molar-refractivity contribution in [1.82, 2.24) is 4.90 Å². The summed E-state index contributed by atoms with van der Waals surface area (Å²) in [6.07, 6.45) is 0. The van der Waals surface area contributed by atoms with Gasteiger partial charge in [-0.2, -0.15) is 0 Å². The fraction of sp³-hybridized carbons (Fsp3) is 0.182. The number of carbonyl (C=O) groups is 3. The van der Waals surface area contributed by atoms with Gasteiger partial charge in [0.05, 0.1) is 12.0 Å². The van der Waals surface area contributed by atoms with Gasteiger partial charge in [-0.15, -0.1) is 0 Å². The average molecular weight is 570 g/mol. The van der Waals surface area contributed by atoms with Gasteiger partial charge in [-0.25, -0.2) is 13.6 Å². The van der Waals surface area contributed by atoms with E-state index in [9.17, 15) is 28.3 Å². The Morgan fingerprint density at radius 3 is 2.19 bits per heavy atom. The van der Waals surface area contributed by atoms with Crippen molar-refractivity contribution >= 4 is 17.7 Å². The monoisotopic (exact) mass is 569 g/mol. The normalized spacial score (nSPS) is 20.9. The SMILES string of the molecule is Cc1cccc(C(=O)C2C(c3ccc(F)cc3)C(C(=O)O)N(C(=O)c3cccc(F)c3)C2c2ccc3c(c2)OCO3)c1. The largest absolute Gasteiger partial charge is 0.480 e. The summed E-state index contributed by atoms with van der Waals surface area (Å²) in [5, 5.41) is 10.7. The van der Waals surface area contributed by atoms with Crippen molar-refractivity contribution < 1.29 is 37.7 Å². The number of carboxylic acids is 1. The van der Waals surface area contributed by atoms with Gasteiger partial charge in [0.1, 0.15) is 17.7 Å². The second-order valence-corrected chi connectivity index (χ2v) is 10.4. The maximum Gasteiger partial charge on any atom is 0.327 e. The van der Waals surface area contributed by atoms with Crippen molar-refractivity contribution in [2.75, 3.05) is 6.79 Å². The van der Waals surface area contributed by atoms with Gasteiger partial charge in [0.15, 0.2) is 17.3 Å². The van der Waals surface area contributed by atoms with Gasteiger partial charge in [-0.1, -0.05) is 48.0 Å². The number of fused-ring (bicyclic) bond motifs is 1. The number of Topliss-reactive ketones (excluding diaryl/α,β-unsaturated/α-hetero) is 1. The standard InChI is InChI=1S/C33H25F2NO6/c1-18-4-2-5-21(14-18)31(37)28-27(19-8-11-23(34)12-9-19)30(33(39)40)36(32(38)22-6-3-7-24(35)15-22)29(28)20-10-13-25-26(16-20)42-17-41-25/h2-16,27-30H,17H2,1H3,(H,39,40). The number of carboxylic acid groups (broad SMARTS) is 1. The molecule has 9 heteroatoms. The van der Waals surface area contributed by atoms with Gasteiger partial charge in [0, 0.05) is 17.0 Å². The van der Waals surface area contributed by atoms with Crippen LogP contribution in [-0.2, 0) is 4.79 Å². The van der Waals surface area contributed by atoms with Crippen molar-refractivity contribution in [3.63, 3.8) is 0 Å². The lowest BCUT2D eigenvalue weighted by Crippen LogP contribution is -2.43. The Balaban J connectivity index is 1.61. The first-order valence-corrected chi connectivity index (χ1v) is 13.3. The lowest BCUT2D eigenvalue weighted by Gasteiger charge is -2.30. The lowest BCUT2D eigenvalue weighted by molar-refractivity contribution is -0.142. The Labute approximate surface area is 239 Å². The minimum Gasteiger partial charge on any atom is -0.480 e. The van der Waals surface area contributed by atoms with Crippen LogP contribution in [0.4, 0.5) is 8.78 Å². The quantitative estimate of drug-likeness (QED) is 0.289. The van der Waals surface area contributed by atoms with Crippen LogP contribution in [0.25, 0.3) is 0 Å². The predicted octanol–water partition coefficient (Wildman–Crippen LogP) is 5.94. The molecule has 2 heterocycles. The van der Waals surface area contributed by atoms with Crippen molar-refractivity contribution in [2.45, 2.75) is 24.9 Å². The van der Waals surface area contributed by atoms with Crippen LogP contribution in [0.5, 0.6) is 11.5 Å². The molecule has 1 amide bonds. The van der Waals surface area contributed by atoms with Gasteiger partial charge >= 0.3 is 5.97 Å². The van der Waals surface area contributed by atoms with Crippen molar-refractivity contribution in [3.05, 3.63) is 130 Å². The van der Waals surface area contributed by atoms with E-state index in [-0.39, 0.29) is 12.4 Å². The van der Waals surface area contributed by atoms with Crippen LogP contribution in [-0.4, -0.2) is 40.5 Å². The topological polar surface area (TPSA) is 93.1 Å². The fourth-order valence-corrected chi connectivity index (χ4v) is 6.04.